The first-order valence-electron chi connectivity index (χ1n) is 8.40. The summed E-state index contributed by atoms with van der Waals surface area (Å²) >= 11 is 1.29. The lowest BCUT2D eigenvalue weighted by Crippen LogP contribution is -2.28. The van der Waals surface area contributed by atoms with Crippen molar-refractivity contribution in [3.05, 3.63) is 53.7 Å². The van der Waals surface area contributed by atoms with Crippen LogP contribution in [-0.2, 0) is 16.4 Å². The molecule has 8 nitrogen and oxygen atoms in total. The first-order chi connectivity index (χ1) is 13.1. The zero-order valence-corrected chi connectivity index (χ0v) is 16.3. The molecule has 0 spiro atoms. The van der Waals surface area contributed by atoms with Crippen molar-refractivity contribution in [1.29, 1.82) is 0 Å². The predicted octanol–water partition coefficient (Wildman–Crippen LogP) is 2.63. The van der Waals surface area contributed by atoms with E-state index in [1.165, 1.54) is 11.3 Å². The van der Waals surface area contributed by atoms with Crippen LogP contribution in [0.3, 0.4) is 0 Å². The third-order valence-electron chi connectivity index (χ3n) is 3.59. The molecule has 142 valence electrons. The summed E-state index contributed by atoms with van der Waals surface area (Å²) < 4.78 is 27.4. The van der Waals surface area contributed by atoms with Gasteiger partial charge in [-0.05, 0) is 42.8 Å². The lowest BCUT2D eigenvalue weighted by Gasteiger charge is -2.08. The molecule has 3 heterocycles. The second kappa shape index (κ2) is 8.89. The maximum atomic E-state index is 12.2. The van der Waals surface area contributed by atoms with Crippen LogP contribution in [0.2, 0.25) is 0 Å². The largest absolute Gasteiger partial charge is 0.367 e. The molecule has 0 saturated heterocycles. The van der Waals surface area contributed by atoms with Gasteiger partial charge < -0.3 is 10.6 Å². The van der Waals surface area contributed by atoms with E-state index in [0.29, 0.717) is 22.4 Å². The van der Waals surface area contributed by atoms with Gasteiger partial charge in [0.05, 0.1) is 0 Å². The zero-order chi connectivity index (χ0) is 19.1. The van der Waals surface area contributed by atoms with Gasteiger partial charge in [0, 0.05) is 36.0 Å². The van der Waals surface area contributed by atoms with Crippen molar-refractivity contribution in [2.45, 2.75) is 17.6 Å². The minimum Gasteiger partial charge on any atom is -0.367 e. The number of sulfonamides is 1. The number of aryl methyl sites for hydroxylation is 1. The van der Waals surface area contributed by atoms with E-state index in [1.54, 1.807) is 30.6 Å². The summed E-state index contributed by atoms with van der Waals surface area (Å²) in [5.41, 5.74) is 0.870. The Bertz CT molecular complexity index is 959. The van der Waals surface area contributed by atoms with Gasteiger partial charge in [-0.15, -0.1) is 21.5 Å². The number of nitrogens with zero attached hydrogens (tertiary/aromatic N) is 3. The van der Waals surface area contributed by atoms with Crippen molar-refractivity contribution < 1.29 is 8.42 Å². The summed E-state index contributed by atoms with van der Waals surface area (Å²) in [6, 6.07) is 10.7. The maximum Gasteiger partial charge on any atom is 0.250 e. The van der Waals surface area contributed by atoms with E-state index in [1.807, 2.05) is 25.1 Å². The van der Waals surface area contributed by atoms with Crippen molar-refractivity contribution in [3.8, 4) is 0 Å². The SMILES string of the molecule is CCc1ccc(S(=O)(=O)NCCNc2ccc(Nc3ccncc3)nn2)s1. The summed E-state index contributed by atoms with van der Waals surface area (Å²) in [6.07, 6.45) is 4.20. The molecule has 0 aromatic carbocycles. The molecule has 0 amide bonds. The van der Waals surface area contributed by atoms with Crippen molar-refractivity contribution in [3.63, 3.8) is 0 Å². The second-order valence-electron chi connectivity index (χ2n) is 5.56. The van der Waals surface area contributed by atoms with Crippen LogP contribution in [0.15, 0.2) is 53.0 Å². The lowest BCUT2D eigenvalue weighted by molar-refractivity contribution is 0.585. The highest BCUT2D eigenvalue weighted by Crippen LogP contribution is 2.21. The molecule has 0 aliphatic heterocycles. The molecule has 10 heteroatoms. The van der Waals surface area contributed by atoms with Gasteiger partial charge in [-0.1, -0.05) is 6.92 Å². The topological polar surface area (TPSA) is 109 Å². The van der Waals surface area contributed by atoms with E-state index in [4.69, 9.17) is 0 Å². The number of hydrogen-bond acceptors (Lipinski definition) is 8. The number of aromatic nitrogens is 3. The van der Waals surface area contributed by atoms with Gasteiger partial charge in [0.25, 0.3) is 0 Å². The molecule has 3 aromatic rings. The van der Waals surface area contributed by atoms with E-state index in [-0.39, 0.29) is 6.54 Å². The molecule has 0 atom stereocenters. The van der Waals surface area contributed by atoms with Crippen molar-refractivity contribution in [2.75, 3.05) is 23.7 Å². The quantitative estimate of drug-likeness (QED) is 0.470. The maximum absolute atomic E-state index is 12.2. The van der Waals surface area contributed by atoms with Crippen LogP contribution < -0.4 is 15.4 Å². The van der Waals surface area contributed by atoms with Crippen molar-refractivity contribution >= 4 is 38.7 Å². The van der Waals surface area contributed by atoms with Gasteiger partial charge in [0.15, 0.2) is 5.82 Å². The fourth-order valence-corrected chi connectivity index (χ4v) is 4.59. The van der Waals surface area contributed by atoms with Crippen LogP contribution in [-0.4, -0.2) is 36.7 Å². The van der Waals surface area contributed by atoms with E-state index >= 15 is 0 Å². The third kappa shape index (κ3) is 5.46. The molecule has 3 N–H and O–H groups in total. The number of anilines is 3. The Morgan fingerprint density at radius 2 is 1.70 bits per heavy atom. The third-order valence-corrected chi connectivity index (χ3v) is 6.77. The minimum atomic E-state index is -3.47. The van der Waals surface area contributed by atoms with Crippen LogP contribution in [0, 0.1) is 0 Å². The highest BCUT2D eigenvalue weighted by molar-refractivity contribution is 7.91. The molecule has 0 radical (unpaired) electrons. The van der Waals surface area contributed by atoms with Gasteiger partial charge in [0.1, 0.15) is 10.0 Å². The van der Waals surface area contributed by atoms with Crippen molar-refractivity contribution in [2.24, 2.45) is 0 Å². The Kier molecular flexibility index (Phi) is 6.32. The molecular weight excluding hydrogens is 384 g/mol. The van der Waals surface area contributed by atoms with Crippen molar-refractivity contribution in [1.82, 2.24) is 19.9 Å². The van der Waals surface area contributed by atoms with Crippen LogP contribution in [0.1, 0.15) is 11.8 Å². The standard InChI is InChI=1S/C17H20N6O2S2/c1-2-14-3-6-17(26-14)27(24,25)20-12-11-19-15-4-5-16(23-22-15)21-13-7-9-18-10-8-13/h3-10,20H,2,11-12H2,1H3,(H,19,22)(H,18,21,23). The molecule has 27 heavy (non-hydrogen) atoms. The zero-order valence-electron chi connectivity index (χ0n) is 14.7. The van der Waals surface area contributed by atoms with Gasteiger partial charge in [0.2, 0.25) is 10.0 Å². The first-order valence-corrected chi connectivity index (χ1v) is 10.7. The summed E-state index contributed by atoms with van der Waals surface area (Å²) in [5, 5.41) is 14.3. The minimum absolute atomic E-state index is 0.250. The predicted molar refractivity (Wildman–Crippen MR) is 107 cm³/mol. The number of pyridine rings is 1. The molecule has 0 bridgehead atoms. The highest BCUT2D eigenvalue weighted by Gasteiger charge is 2.15. The molecule has 3 rings (SSSR count). The van der Waals surface area contributed by atoms with E-state index in [2.05, 4.69) is 30.5 Å². The number of rotatable bonds is 9. The molecular formula is C17H20N6O2S2. The van der Waals surface area contributed by atoms with Crippen LogP contribution >= 0.6 is 11.3 Å². The van der Waals surface area contributed by atoms with Gasteiger partial charge in [-0.25, -0.2) is 13.1 Å². The van der Waals surface area contributed by atoms with E-state index < -0.39 is 10.0 Å². The van der Waals surface area contributed by atoms with Crippen LogP contribution in [0.25, 0.3) is 0 Å². The van der Waals surface area contributed by atoms with Gasteiger partial charge >= 0.3 is 0 Å². The summed E-state index contributed by atoms with van der Waals surface area (Å²) in [4.78, 5) is 5.00. The highest BCUT2D eigenvalue weighted by atomic mass is 32.2. The molecule has 0 aliphatic rings. The molecule has 0 aliphatic carbocycles. The number of thiophene rings is 1. The monoisotopic (exact) mass is 404 g/mol. The Hall–Kier alpha value is -2.56. The molecule has 0 saturated carbocycles. The number of hydrogen-bond donors (Lipinski definition) is 3. The molecule has 0 fully saturated rings. The average molecular weight is 405 g/mol. The fraction of sp³-hybridized carbons (Fsp3) is 0.235. The summed E-state index contributed by atoms with van der Waals surface area (Å²) in [7, 11) is -3.47. The van der Waals surface area contributed by atoms with Crippen LogP contribution in [0.4, 0.5) is 17.3 Å². The summed E-state index contributed by atoms with van der Waals surface area (Å²) in [5.74, 6) is 1.18. The molecule has 3 aromatic heterocycles. The van der Waals surface area contributed by atoms with Gasteiger partial charge in [-0.2, -0.15) is 0 Å². The normalized spacial score (nSPS) is 11.3. The van der Waals surface area contributed by atoms with Gasteiger partial charge in [-0.3, -0.25) is 4.98 Å². The Morgan fingerprint density at radius 1 is 0.963 bits per heavy atom. The van der Waals surface area contributed by atoms with E-state index in [9.17, 15) is 8.42 Å². The van der Waals surface area contributed by atoms with Crippen LogP contribution in [0.5, 0.6) is 0 Å². The average Bonchev–Trinajstić information content (AvgIpc) is 3.18. The fourth-order valence-electron chi connectivity index (χ4n) is 2.22. The second-order valence-corrected chi connectivity index (χ2v) is 8.73. The Morgan fingerprint density at radius 3 is 2.37 bits per heavy atom. The Labute approximate surface area is 162 Å². The lowest BCUT2D eigenvalue weighted by atomic mass is 10.4. The van der Waals surface area contributed by atoms with E-state index in [0.717, 1.165) is 17.0 Å². The molecule has 0 unspecified atom stereocenters. The number of nitrogens with one attached hydrogen (secondary N) is 3. The summed E-state index contributed by atoms with van der Waals surface area (Å²) in [6.45, 7) is 2.65. The first kappa shape index (κ1) is 19.2. The smallest absolute Gasteiger partial charge is 0.250 e. The Balaban J connectivity index is 1.46.